The molecular formula is C17H21N. The number of benzene rings is 2. The second-order valence-corrected chi connectivity index (χ2v) is 4.94. The summed E-state index contributed by atoms with van der Waals surface area (Å²) in [6.45, 7) is 7.41. The van der Waals surface area contributed by atoms with Crippen LogP contribution in [0.2, 0.25) is 0 Å². The van der Waals surface area contributed by atoms with Crippen LogP contribution in [0.1, 0.15) is 35.2 Å². The van der Waals surface area contributed by atoms with Crippen LogP contribution < -0.4 is 5.32 Å². The van der Waals surface area contributed by atoms with Crippen molar-refractivity contribution in [2.24, 2.45) is 0 Å². The highest BCUT2D eigenvalue weighted by Gasteiger charge is 2.05. The van der Waals surface area contributed by atoms with Gasteiger partial charge in [0.1, 0.15) is 0 Å². The summed E-state index contributed by atoms with van der Waals surface area (Å²) in [5.41, 5.74) is 5.37. The van der Waals surface area contributed by atoms with Crippen LogP contribution in [0.15, 0.2) is 48.5 Å². The Morgan fingerprint density at radius 2 is 1.61 bits per heavy atom. The van der Waals surface area contributed by atoms with Gasteiger partial charge in [-0.3, -0.25) is 0 Å². The molecule has 0 saturated heterocycles. The first-order valence-corrected chi connectivity index (χ1v) is 6.51. The van der Waals surface area contributed by atoms with Gasteiger partial charge < -0.3 is 5.32 Å². The monoisotopic (exact) mass is 239 g/mol. The number of nitrogens with one attached hydrogen (secondary N) is 1. The van der Waals surface area contributed by atoms with Crippen molar-refractivity contribution in [3.63, 3.8) is 0 Å². The van der Waals surface area contributed by atoms with Crippen molar-refractivity contribution in [1.29, 1.82) is 0 Å². The van der Waals surface area contributed by atoms with Crippen LogP contribution in [-0.4, -0.2) is 0 Å². The van der Waals surface area contributed by atoms with E-state index in [-0.39, 0.29) is 0 Å². The lowest BCUT2D eigenvalue weighted by Crippen LogP contribution is -2.18. The molecule has 0 bridgehead atoms. The Balaban J connectivity index is 1.98. The Labute approximate surface area is 110 Å². The fourth-order valence-electron chi connectivity index (χ4n) is 2.04. The molecular weight excluding hydrogens is 218 g/mol. The van der Waals surface area contributed by atoms with Crippen molar-refractivity contribution >= 4 is 0 Å². The molecule has 0 aliphatic heterocycles. The number of aryl methyl sites for hydroxylation is 2. The molecule has 0 fully saturated rings. The first kappa shape index (κ1) is 12.8. The molecule has 18 heavy (non-hydrogen) atoms. The average Bonchev–Trinajstić information content (AvgIpc) is 2.38. The minimum atomic E-state index is 0.380. The molecule has 1 unspecified atom stereocenters. The Morgan fingerprint density at radius 1 is 0.944 bits per heavy atom. The minimum Gasteiger partial charge on any atom is -0.306 e. The maximum atomic E-state index is 3.58. The van der Waals surface area contributed by atoms with E-state index < -0.39 is 0 Å². The first-order valence-electron chi connectivity index (χ1n) is 6.51. The zero-order chi connectivity index (χ0) is 13.0. The van der Waals surface area contributed by atoms with Gasteiger partial charge in [0, 0.05) is 12.6 Å². The molecule has 2 aromatic rings. The molecule has 1 atom stereocenters. The highest BCUT2D eigenvalue weighted by molar-refractivity contribution is 5.27. The van der Waals surface area contributed by atoms with Gasteiger partial charge in [-0.05, 0) is 37.5 Å². The molecule has 0 aliphatic rings. The Kier molecular flexibility index (Phi) is 4.16. The molecule has 0 spiro atoms. The van der Waals surface area contributed by atoms with Crippen molar-refractivity contribution in [3.05, 3.63) is 70.8 Å². The summed E-state index contributed by atoms with van der Waals surface area (Å²) < 4.78 is 0. The van der Waals surface area contributed by atoms with Gasteiger partial charge in [-0.25, -0.2) is 0 Å². The van der Waals surface area contributed by atoms with Gasteiger partial charge in [0.05, 0.1) is 0 Å². The highest BCUT2D eigenvalue weighted by Crippen LogP contribution is 2.14. The Hall–Kier alpha value is -1.60. The lowest BCUT2D eigenvalue weighted by molar-refractivity contribution is 0.573. The van der Waals surface area contributed by atoms with Gasteiger partial charge in [0.2, 0.25) is 0 Å². The van der Waals surface area contributed by atoms with Crippen LogP contribution in [0.25, 0.3) is 0 Å². The van der Waals surface area contributed by atoms with Gasteiger partial charge in [0.15, 0.2) is 0 Å². The Morgan fingerprint density at radius 3 is 2.28 bits per heavy atom. The molecule has 0 aliphatic carbocycles. The van der Waals surface area contributed by atoms with Crippen molar-refractivity contribution in [2.45, 2.75) is 33.4 Å². The van der Waals surface area contributed by atoms with E-state index in [1.54, 1.807) is 0 Å². The summed E-state index contributed by atoms with van der Waals surface area (Å²) in [7, 11) is 0. The lowest BCUT2D eigenvalue weighted by atomic mass is 10.1. The third-order valence-corrected chi connectivity index (χ3v) is 3.44. The molecule has 0 radical (unpaired) electrons. The summed E-state index contributed by atoms with van der Waals surface area (Å²) in [5.74, 6) is 0. The van der Waals surface area contributed by atoms with Crippen molar-refractivity contribution in [1.82, 2.24) is 5.32 Å². The molecule has 0 heterocycles. The third kappa shape index (κ3) is 3.21. The van der Waals surface area contributed by atoms with Crippen LogP contribution in [0, 0.1) is 13.8 Å². The van der Waals surface area contributed by atoms with Gasteiger partial charge in [0.25, 0.3) is 0 Å². The van der Waals surface area contributed by atoms with E-state index in [0.29, 0.717) is 6.04 Å². The van der Waals surface area contributed by atoms with Gasteiger partial charge in [-0.1, -0.05) is 54.1 Å². The zero-order valence-corrected chi connectivity index (χ0v) is 11.4. The molecule has 0 aromatic heterocycles. The smallest absolute Gasteiger partial charge is 0.0294 e. The van der Waals surface area contributed by atoms with Gasteiger partial charge in [-0.15, -0.1) is 0 Å². The topological polar surface area (TPSA) is 12.0 Å². The van der Waals surface area contributed by atoms with Gasteiger partial charge >= 0.3 is 0 Å². The quantitative estimate of drug-likeness (QED) is 0.845. The van der Waals surface area contributed by atoms with E-state index in [1.807, 2.05) is 0 Å². The van der Waals surface area contributed by atoms with E-state index in [4.69, 9.17) is 0 Å². The van der Waals surface area contributed by atoms with Crippen molar-refractivity contribution in [2.75, 3.05) is 0 Å². The van der Waals surface area contributed by atoms with Gasteiger partial charge in [-0.2, -0.15) is 0 Å². The molecule has 1 heteroatoms. The second-order valence-electron chi connectivity index (χ2n) is 4.94. The van der Waals surface area contributed by atoms with E-state index >= 15 is 0 Å². The fourth-order valence-corrected chi connectivity index (χ4v) is 2.04. The molecule has 2 rings (SSSR count). The standard InChI is InChI=1S/C17H21N/c1-13-8-10-16(11-9-13)15(3)18-12-17-7-5-4-6-14(17)2/h4-11,15,18H,12H2,1-3H3. The first-order chi connectivity index (χ1) is 8.66. The van der Waals surface area contributed by atoms with E-state index in [0.717, 1.165) is 6.54 Å². The molecule has 0 amide bonds. The summed E-state index contributed by atoms with van der Waals surface area (Å²) in [4.78, 5) is 0. The number of rotatable bonds is 4. The van der Waals surface area contributed by atoms with E-state index in [2.05, 4.69) is 74.6 Å². The summed E-state index contributed by atoms with van der Waals surface area (Å²) in [5, 5.41) is 3.58. The SMILES string of the molecule is Cc1ccc(C(C)NCc2ccccc2C)cc1. The molecule has 94 valence electrons. The Bertz CT molecular complexity index is 499. The molecule has 1 nitrogen and oxygen atoms in total. The fraction of sp³-hybridized carbons (Fsp3) is 0.294. The van der Waals surface area contributed by atoms with E-state index in [9.17, 15) is 0 Å². The number of hydrogen-bond donors (Lipinski definition) is 1. The third-order valence-electron chi connectivity index (χ3n) is 3.44. The molecule has 2 aromatic carbocycles. The van der Waals surface area contributed by atoms with E-state index in [1.165, 1.54) is 22.3 Å². The summed E-state index contributed by atoms with van der Waals surface area (Å²) in [6.07, 6.45) is 0. The minimum absolute atomic E-state index is 0.380. The maximum Gasteiger partial charge on any atom is 0.0294 e. The van der Waals surface area contributed by atoms with Crippen LogP contribution >= 0.6 is 0 Å². The van der Waals surface area contributed by atoms with Crippen molar-refractivity contribution < 1.29 is 0 Å². The number of hydrogen-bond acceptors (Lipinski definition) is 1. The highest BCUT2D eigenvalue weighted by atomic mass is 14.9. The van der Waals surface area contributed by atoms with Crippen LogP contribution in [0.5, 0.6) is 0 Å². The predicted octanol–water partition coefficient (Wildman–Crippen LogP) is 4.15. The zero-order valence-electron chi connectivity index (χ0n) is 11.4. The second kappa shape index (κ2) is 5.83. The average molecular weight is 239 g/mol. The summed E-state index contributed by atoms with van der Waals surface area (Å²) >= 11 is 0. The normalized spacial score (nSPS) is 12.4. The van der Waals surface area contributed by atoms with Crippen LogP contribution in [0.4, 0.5) is 0 Å². The van der Waals surface area contributed by atoms with Crippen LogP contribution in [-0.2, 0) is 6.54 Å². The largest absolute Gasteiger partial charge is 0.306 e. The predicted molar refractivity (Wildman–Crippen MR) is 77.6 cm³/mol. The lowest BCUT2D eigenvalue weighted by Gasteiger charge is -2.15. The summed E-state index contributed by atoms with van der Waals surface area (Å²) in [6, 6.07) is 17.6. The molecule has 0 saturated carbocycles. The maximum absolute atomic E-state index is 3.58. The van der Waals surface area contributed by atoms with Crippen LogP contribution in [0.3, 0.4) is 0 Å². The van der Waals surface area contributed by atoms with Crippen molar-refractivity contribution in [3.8, 4) is 0 Å². The molecule has 1 N–H and O–H groups in total.